The van der Waals surface area contributed by atoms with Crippen molar-refractivity contribution in [2.75, 3.05) is 19.6 Å². The van der Waals surface area contributed by atoms with E-state index in [1.165, 1.54) is 6.26 Å². The van der Waals surface area contributed by atoms with Crippen LogP contribution in [0.2, 0.25) is 0 Å². The molecule has 8 heteroatoms. The van der Waals surface area contributed by atoms with E-state index in [0.717, 1.165) is 19.3 Å². The van der Waals surface area contributed by atoms with Crippen LogP contribution in [0.25, 0.3) is 0 Å². The molecular weight excluding hydrogens is 296 g/mol. The van der Waals surface area contributed by atoms with Crippen molar-refractivity contribution in [1.82, 2.24) is 15.4 Å². The van der Waals surface area contributed by atoms with Gasteiger partial charge in [-0.15, -0.1) is 12.4 Å². The normalized spacial score (nSPS) is 18.0. The monoisotopic (exact) mass is 316 g/mol. The quantitative estimate of drug-likeness (QED) is 0.826. The largest absolute Gasteiger partial charge is 0.364 e. The van der Waals surface area contributed by atoms with Gasteiger partial charge in [0.2, 0.25) is 5.91 Å². The van der Waals surface area contributed by atoms with Crippen molar-refractivity contribution >= 4 is 24.2 Å². The van der Waals surface area contributed by atoms with Crippen LogP contribution in [0.4, 0.5) is 0 Å². The first-order chi connectivity index (χ1) is 9.72. The molecule has 0 spiro atoms. The van der Waals surface area contributed by atoms with Gasteiger partial charge in [-0.05, 0) is 19.3 Å². The summed E-state index contributed by atoms with van der Waals surface area (Å²) in [6, 6.07) is 1.57. The molecule has 1 aromatic heterocycles. The van der Waals surface area contributed by atoms with Crippen LogP contribution in [0.5, 0.6) is 0 Å². The number of amides is 2. The molecule has 1 aliphatic heterocycles. The van der Waals surface area contributed by atoms with E-state index in [1.54, 1.807) is 11.0 Å². The molecule has 1 fully saturated rings. The predicted molar refractivity (Wildman–Crippen MR) is 79.1 cm³/mol. The van der Waals surface area contributed by atoms with Crippen molar-refractivity contribution < 1.29 is 14.1 Å². The first kappa shape index (κ1) is 17.5. The van der Waals surface area contributed by atoms with Crippen LogP contribution >= 0.6 is 12.4 Å². The van der Waals surface area contributed by atoms with Gasteiger partial charge in [0.05, 0.1) is 0 Å². The minimum Gasteiger partial charge on any atom is -0.364 e. The van der Waals surface area contributed by atoms with Crippen molar-refractivity contribution in [3.05, 3.63) is 18.0 Å². The lowest BCUT2D eigenvalue weighted by atomic mass is 10.0. The molecule has 1 saturated heterocycles. The van der Waals surface area contributed by atoms with E-state index in [2.05, 4.69) is 10.5 Å². The van der Waals surface area contributed by atoms with E-state index in [1.807, 2.05) is 0 Å². The Morgan fingerprint density at radius 2 is 2.29 bits per heavy atom. The lowest BCUT2D eigenvalue weighted by Crippen LogP contribution is -2.49. The average Bonchev–Trinajstić information content (AvgIpc) is 2.99. The number of nitrogens with two attached hydrogens (primary N) is 1. The summed E-state index contributed by atoms with van der Waals surface area (Å²) in [4.78, 5) is 25.5. The summed E-state index contributed by atoms with van der Waals surface area (Å²) in [7, 11) is 0. The summed E-state index contributed by atoms with van der Waals surface area (Å²) in [5.74, 6) is -0.219. The Balaban J connectivity index is 0.00000220. The molecule has 1 aromatic rings. The summed E-state index contributed by atoms with van der Waals surface area (Å²) in [6.45, 7) is 1.48. The fourth-order valence-electron chi connectivity index (χ4n) is 2.40. The van der Waals surface area contributed by atoms with Gasteiger partial charge in [-0.2, -0.15) is 0 Å². The number of rotatable bonds is 5. The van der Waals surface area contributed by atoms with Gasteiger partial charge in [0.25, 0.3) is 5.91 Å². The molecule has 0 aliphatic carbocycles. The molecule has 1 aliphatic rings. The van der Waals surface area contributed by atoms with E-state index in [9.17, 15) is 9.59 Å². The molecule has 2 amide bonds. The molecule has 2 rings (SSSR count). The van der Waals surface area contributed by atoms with Gasteiger partial charge in [-0.1, -0.05) is 5.16 Å². The molecule has 2 heterocycles. The Labute approximate surface area is 129 Å². The van der Waals surface area contributed by atoms with Crippen molar-refractivity contribution in [2.24, 2.45) is 5.73 Å². The molecule has 7 nitrogen and oxygen atoms in total. The van der Waals surface area contributed by atoms with Gasteiger partial charge in [0.1, 0.15) is 6.26 Å². The number of carbonyl (C=O) groups excluding carboxylic acids is 2. The topological polar surface area (TPSA) is 101 Å². The highest BCUT2D eigenvalue weighted by Crippen LogP contribution is 2.18. The minimum atomic E-state index is -0.142. The van der Waals surface area contributed by atoms with Gasteiger partial charge in [0.15, 0.2) is 5.69 Å². The molecule has 0 saturated carbocycles. The maximum atomic E-state index is 12.3. The van der Waals surface area contributed by atoms with E-state index < -0.39 is 0 Å². The predicted octanol–water partition coefficient (Wildman–Crippen LogP) is 0.556. The molecule has 1 atom stereocenters. The lowest BCUT2D eigenvalue weighted by Gasteiger charge is -2.35. The smallest absolute Gasteiger partial charge is 0.276 e. The second-order valence-corrected chi connectivity index (χ2v) is 4.88. The number of nitrogens with zero attached hydrogens (tertiary/aromatic N) is 2. The first-order valence-electron chi connectivity index (χ1n) is 6.90. The Bertz CT molecular complexity index is 452. The summed E-state index contributed by atoms with van der Waals surface area (Å²) >= 11 is 0. The molecule has 3 N–H and O–H groups in total. The maximum Gasteiger partial charge on any atom is 0.276 e. The third-order valence-corrected chi connectivity index (χ3v) is 3.45. The molecule has 1 unspecified atom stereocenters. The first-order valence-corrected chi connectivity index (χ1v) is 6.90. The summed E-state index contributed by atoms with van der Waals surface area (Å²) < 4.78 is 4.71. The number of aromatic nitrogens is 1. The van der Waals surface area contributed by atoms with Crippen molar-refractivity contribution in [2.45, 2.75) is 31.7 Å². The SMILES string of the molecule is Cl.NCCC(=O)NCC1CCCCN1C(=O)c1ccon1. The Hall–Kier alpha value is -1.60. The zero-order valence-corrected chi connectivity index (χ0v) is 12.6. The second kappa shape index (κ2) is 8.63. The minimum absolute atomic E-state index is 0. The molecule has 0 aromatic carbocycles. The number of hydrogen-bond acceptors (Lipinski definition) is 5. The summed E-state index contributed by atoms with van der Waals surface area (Å²) in [6.07, 6.45) is 4.60. The Morgan fingerprint density at radius 1 is 1.48 bits per heavy atom. The third kappa shape index (κ3) is 4.71. The van der Waals surface area contributed by atoms with Crippen LogP contribution in [-0.4, -0.2) is 47.5 Å². The van der Waals surface area contributed by atoms with Crippen molar-refractivity contribution in [3.8, 4) is 0 Å². The van der Waals surface area contributed by atoms with Gasteiger partial charge in [-0.3, -0.25) is 9.59 Å². The summed E-state index contributed by atoms with van der Waals surface area (Å²) in [5, 5.41) is 6.51. The maximum absolute atomic E-state index is 12.3. The van der Waals surface area contributed by atoms with Gasteiger partial charge >= 0.3 is 0 Å². The highest BCUT2D eigenvalue weighted by atomic mass is 35.5. The van der Waals surface area contributed by atoms with Crippen molar-refractivity contribution in [3.63, 3.8) is 0 Å². The third-order valence-electron chi connectivity index (χ3n) is 3.45. The zero-order valence-electron chi connectivity index (χ0n) is 11.8. The second-order valence-electron chi connectivity index (χ2n) is 4.88. The number of halogens is 1. The van der Waals surface area contributed by atoms with Crippen LogP contribution in [0.3, 0.4) is 0 Å². The van der Waals surface area contributed by atoms with Crippen LogP contribution < -0.4 is 11.1 Å². The number of likely N-dealkylation sites (tertiary alicyclic amines) is 1. The lowest BCUT2D eigenvalue weighted by molar-refractivity contribution is -0.121. The van der Waals surface area contributed by atoms with E-state index in [-0.39, 0.29) is 30.3 Å². The van der Waals surface area contributed by atoms with E-state index in [4.69, 9.17) is 10.3 Å². The molecular formula is C13H21ClN4O3. The molecule has 0 radical (unpaired) electrons. The standard InChI is InChI=1S/C13H20N4O3.ClH/c14-6-4-12(18)15-9-10-3-1-2-7-17(10)13(19)11-5-8-20-16-11;/h5,8,10H,1-4,6-7,9,14H2,(H,15,18);1H. The summed E-state index contributed by atoms with van der Waals surface area (Å²) in [5.41, 5.74) is 5.64. The van der Waals surface area contributed by atoms with Gasteiger partial charge in [-0.25, -0.2) is 0 Å². The molecule has 0 bridgehead atoms. The fraction of sp³-hybridized carbons (Fsp3) is 0.615. The molecule has 118 valence electrons. The highest BCUT2D eigenvalue weighted by molar-refractivity contribution is 5.92. The zero-order chi connectivity index (χ0) is 14.4. The molecule has 21 heavy (non-hydrogen) atoms. The average molecular weight is 317 g/mol. The van der Waals surface area contributed by atoms with E-state index >= 15 is 0 Å². The van der Waals surface area contributed by atoms with Crippen molar-refractivity contribution in [1.29, 1.82) is 0 Å². The van der Waals surface area contributed by atoms with Gasteiger partial charge in [0, 0.05) is 38.2 Å². The fourth-order valence-corrected chi connectivity index (χ4v) is 2.40. The Kier molecular flexibility index (Phi) is 7.18. The Morgan fingerprint density at radius 3 is 2.95 bits per heavy atom. The number of carbonyl (C=O) groups is 2. The highest BCUT2D eigenvalue weighted by Gasteiger charge is 2.28. The number of nitrogens with one attached hydrogen (secondary N) is 1. The van der Waals surface area contributed by atoms with Gasteiger partial charge < -0.3 is 20.5 Å². The number of piperidine rings is 1. The van der Waals surface area contributed by atoms with Crippen LogP contribution in [-0.2, 0) is 4.79 Å². The van der Waals surface area contributed by atoms with E-state index in [0.29, 0.717) is 31.7 Å². The van der Waals surface area contributed by atoms with Crippen LogP contribution in [0.1, 0.15) is 36.2 Å². The van der Waals surface area contributed by atoms with Crippen LogP contribution in [0.15, 0.2) is 16.9 Å². The van der Waals surface area contributed by atoms with Crippen LogP contribution in [0, 0.1) is 0 Å². The number of hydrogen-bond donors (Lipinski definition) is 2.